The van der Waals surface area contributed by atoms with Crippen molar-refractivity contribution in [2.24, 2.45) is 0 Å². The van der Waals surface area contributed by atoms with Gasteiger partial charge in [0.05, 0.1) is 32.5 Å². The van der Waals surface area contributed by atoms with Crippen LogP contribution >= 0.6 is 11.3 Å². The van der Waals surface area contributed by atoms with Crippen LogP contribution in [-0.2, 0) is 5.41 Å². The molecular weight excluding hydrogens is 601 g/mol. The molecule has 0 amide bonds. The number of fused-ring (bicyclic) bond motifs is 13. The van der Waals surface area contributed by atoms with Gasteiger partial charge in [0.1, 0.15) is 0 Å². The second kappa shape index (κ2) is 9.25. The van der Waals surface area contributed by atoms with Crippen molar-refractivity contribution >= 4 is 75.1 Å². The third-order valence-corrected chi connectivity index (χ3v) is 12.1. The van der Waals surface area contributed by atoms with E-state index in [0.717, 1.165) is 0 Å². The van der Waals surface area contributed by atoms with Crippen LogP contribution in [0.1, 0.15) is 25.0 Å². The molecule has 11 rings (SSSR count). The van der Waals surface area contributed by atoms with Crippen LogP contribution in [0, 0.1) is 0 Å². The lowest BCUT2D eigenvalue weighted by Gasteiger charge is -2.21. The van der Waals surface area contributed by atoms with E-state index < -0.39 is 0 Å². The van der Waals surface area contributed by atoms with Crippen molar-refractivity contribution in [3.63, 3.8) is 0 Å². The Labute approximate surface area is 281 Å². The number of hydrogen-bond donors (Lipinski definition) is 0. The second-order valence-electron chi connectivity index (χ2n) is 13.7. The van der Waals surface area contributed by atoms with Gasteiger partial charge in [-0.05, 0) is 64.7 Å². The molecule has 7 aromatic carbocycles. The highest BCUT2D eigenvalue weighted by Gasteiger charge is 2.35. The van der Waals surface area contributed by atoms with E-state index in [9.17, 15) is 0 Å². The van der Waals surface area contributed by atoms with Gasteiger partial charge in [-0.15, -0.1) is 11.3 Å². The maximum Gasteiger partial charge on any atom is 0.0641 e. The molecule has 0 unspecified atom stereocenters. The molecule has 0 saturated heterocycles. The van der Waals surface area contributed by atoms with Gasteiger partial charge in [-0.3, -0.25) is 0 Å². The van der Waals surface area contributed by atoms with Crippen LogP contribution in [0.25, 0.3) is 86.3 Å². The summed E-state index contributed by atoms with van der Waals surface area (Å²) in [4.78, 5) is 0. The molecule has 1 aliphatic rings. The highest BCUT2D eigenvalue weighted by atomic mass is 32.1. The van der Waals surface area contributed by atoms with Crippen LogP contribution in [-0.4, -0.2) is 9.13 Å². The molecule has 0 N–H and O–H groups in total. The molecule has 0 bridgehead atoms. The van der Waals surface area contributed by atoms with Crippen LogP contribution in [0.15, 0.2) is 146 Å². The van der Waals surface area contributed by atoms with Crippen molar-refractivity contribution in [1.82, 2.24) is 9.13 Å². The summed E-state index contributed by atoms with van der Waals surface area (Å²) in [5, 5.41) is 7.76. The summed E-state index contributed by atoms with van der Waals surface area (Å²) in [5.41, 5.74) is 12.8. The average Bonchev–Trinajstić information content (AvgIpc) is 3.84. The van der Waals surface area contributed by atoms with Crippen LogP contribution in [0.3, 0.4) is 0 Å². The van der Waals surface area contributed by atoms with Crippen molar-refractivity contribution in [2.45, 2.75) is 19.3 Å². The molecule has 0 radical (unpaired) electrons. The summed E-state index contributed by atoms with van der Waals surface area (Å²) in [6.45, 7) is 4.71. The minimum absolute atomic E-state index is 0.0282. The number of rotatable bonds is 2. The van der Waals surface area contributed by atoms with Gasteiger partial charge in [0, 0.05) is 48.1 Å². The van der Waals surface area contributed by atoms with E-state index in [2.05, 4.69) is 169 Å². The first-order chi connectivity index (χ1) is 23.6. The first kappa shape index (κ1) is 26.4. The lowest BCUT2D eigenvalue weighted by molar-refractivity contribution is 0.660. The second-order valence-corrected chi connectivity index (χ2v) is 14.8. The predicted octanol–water partition coefficient (Wildman–Crippen LogP) is 12.6. The van der Waals surface area contributed by atoms with Gasteiger partial charge in [-0.1, -0.05) is 117 Å². The molecule has 1 aliphatic carbocycles. The third-order valence-electron chi connectivity index (χ3n) is 10.9. The Morgan fingerprint density at radius 1 is 0.479 bits per heavy atom. The average molecular weight is 631 g/mol. The SMILES string of the molecule is CC1(C)c2ccccc2-c2cc(-n3c4ccccc4c4ccc5c(c6ccccc6n5-c5cccc6c5sc5ccccc56)c43)ccc21. The van der Waals surface area contributed by atoms with Gasteiger partial charge < -0.3 is 9.13 Å². The summed E-state index contributed by atoms with van der Waals surface area (Å²) in [5.74, 6) is 0. The van der Waals surface area contributed by atoms with E-state index in [1.54, 1.807) is 0 Å². The number of nitrogens with zero attached hydrogens (tertiary/aromatic N) is 2. The molecule has 0 aliphatic heterocycles. The molecule has 3 heterocycles. The molecule has 2 nitrogen and oxygen atoms in total. The summed E-state index contributed by atoms with van der Waals surface area (Å²) in [6, 6.07) is 54.2. The van der Waals surface area contributed by atoms with Crippen LogP contribution in [0.4, 0.5) is 0 Å². The number of para-hydroxylation sites is 2. The van der Waals surface area contributed by atoms with Gasteiger partial charge in [-0.2, -0.15) is 0 Å². The van der Waals surface area contributed by atoms with Crippen molar-refractivity contribution in [3.8, 4) is 22.5 Å². The molecule has 226 valence electrons. The van der Waals surface area contributed by atoms with Gasteiger partial charge in [-0.25, -0.2) is 0 Å². The fourth-order valence-corrected chi connectivity index (χ4v) is 10.00. The Kier molecular flexibility index (Phi) is 5.09. The molecule has 0 fully saturated rings. The molecule has 0 spiro atoms. The molecule has 48 heavy (non-hydrogen) atoms. The quantitative estimate of drug-likeness (QED) is 0.180. The number of hydrogen-bond acceptors (Lipinski definition) is 1. The summed E-state index contributed by atoms with van der Waals surface area (Å²) in [7, 11) is 0. The monoisotopic (exact) mass is 630 g/mol. The van der Waals surface area contributed by atoms with Gasteiger partial charge >= 0.3 is 0 Å². The molecule has 10 aromatic rings. The largest absolute Gasteiger partial charge is 0.309 e. The van der Waals surface area contributed by atoms with Crippen molar-refractivity contribution in [2.75, 3.05) is 0 Å². The summed E-state index contributed by atoms with van der Waals surface area (Å²) in [6.07, 6.45) is 0. The van der Waals surface area contributed by atoms with Crippen LogP contribution < -0.4 is 0 Å². The van der Waals surface area contributed by atoms with Crippen molar-refractivity contribution in [3.05, 3.63) is 157 Å². The van der Waals surface area contributed by atoms with Crippen molar-refractivity contribution < 1.29 is 0 Å². The standard InChI is InChI=1S/C45H30N2S/c1-45(2)35-17-7-3-12-28(35)34-26-27(22-24-36(34)45)46-37-18-8-4-13-29(37)31-23-25-39-42(43(31)46)33-15-5-9-19-38(33)47(39)40-20-11-16-32-30-14-6-10-21-41(30)48-44(32)40/h3-26H,1-2H3. The maximum atomic E-state index is 2.53. The van der Waals surface area contributed by atoms with E-state index in [0.29, 0.717) is 0 Å². The number of thiophene rings is 1. The lowest BCUT2D eigenvalue weighted by Crippen LogP contribution is -2.14. The zero-order valence-electron chi connectivity index (χ0n) is 26.7. The summed E-state index contributed by atoms with van der Waals surface area (Å²) < 4.78 is 7.68. The third kappa shape index (κ3) is 3.27. The first-order valence-corrected chi connectivity index (χ1v) is 17.5. The molecule has 0 saturated carbocycles. The van der Waals surface area contributed by atoms with Crippen LogP contribution in [0.5, 0.6) is 0 Å². The maximum absolute atomic E-state index is 2.53. The van der Waals surface area contributed by atoms with Gasteiger partial charge in [0.2, 0.25) is 0 Å². The van der Waals surface area contributed by atoms with E-state index in [4.69, 9.17) is 0 Å². The van der Waals surface area contributed by atoms with E-state index in [1.165, 1.54) is 97.4 Å². The smallest absolute Gasteiger partial charge is 0.0641 e. The lowest BCUT2D eigenvalue weighted by atomic mass is 9.82. The van der Waals surface area contributed by atoms with E-state index in [1.807, 2.05) is 11.3 Å². The Morgan fingerprint density at radius 2 is 1.17 bits per heavy atom. The summed E-state index contributed by atoms with van der Waals surface area (Å²) >= 11 is 1.89. The Hall–Kier alpha value is -5.64. The molecular formula is C45H30N2S. The minimum Gasteiger partial charge on any atom is -0.309 e. The normalized spacial score (nSPS) is 13.8. The highest BCUT2D eigenvalue weighted by Crippen LogP contribution is 2.50. The van der Waals surface area contributed by atoms with Crippen molar-refractivity contribution in [1.29, 1.82) is 0 Å². The van der Waals surface area contributed by atoms with Gasteiger partial charge in [0.15, 0.2) is 0 Å². The van der Waals surface area contributed by atoms with E-state index in [-0.39, 0.29) is 5.41 Å². The zero-order valence-corrected chi connectivity index (χ0v) is 27.5. The molecule has 3 heteroatoms. The predicted molar refractivity (Wildman–Crippen MR) is 206 cm³/mol. The molecule has 0 atom stereocenters. The van der Waals surface area contributed by atoms with Gasteiger partial charge in [0.25, 0.3) is 0 Å². The Bertz CT molecular complexity index is 2980. The fraction of sp³-hybridized carbons (Fsp3) is 0.0667. The minimum atomic E-state index is -0.0282. The van der Waals surface area contributed by atoms with E-state index >= 15 is 0 Å². The number of benzene rings is 7. The highest BCUT2D eigenvalue weighted by molar-refractivity contribution is 7.26. The van der Waals surface area contributed by atoms with Crippen LogP contribution in [0.2, 0.25) is 0 Å². The first-order valence-electron chi connectivity index (χ1n) is 16.7. The Morgan fingerprint density at radius 3 is 2.04 bits per heavy atom. The molecule has 3 aromatic heterocycles. The fourth-order valence-electron chi connectivity index (χ4n) is 8.79. The zero-order chi connectivity index (χ0) is 31.7. The Balaban J connectivity index is 1.28. The topological polar surface area (TPSA) is 9.86 Å². The number of aromatic nitrogens is 2.